The second kappa shape index (κ2) is 11.3. The van der Waals surface area contributed by atoms with Crippen LogP contribution in [0.4, 0.5) is 0 Å². The van der Waals surface area contributed by atoms with Crippen molar-refractivity contribution in [3.8, 4) is 0 Å². The molecule has 0 bridgehead atoms. The molecule has 8 nitrogen and oxygen atoms in total. The van der Waals surface area contributed by atoms with Crippen LogP contribution in [0, 0.1) is 0 Å². The van der Waals surface area contributed by atoms with E-state index in [2.05, 4.69) is 0 Å². The number of hydrogen-bond acceptors (Lipinski definition) is 4. The Morgan fingerprint density at radius 1 is 0.667 bits per heavy atom. The molecule has 0 atom stereocenters. The quantitative estimate of drug-likeness (QED) is 0.359. The van der Waals surface area contributed by atoms with E-state index in [1.165, 1.54) is 6.07 Å². The summed E-state index contributed by atoms with van der Waals surface area (Å²) < 4.78 is 0. The highest BCUT2D eigenvalue weighted by Gasteiger charge is 2.51. The van der Waals surface area contributed by atoms with E-state index >= 15 is 0 Å². The molecule has 3 rings (SSSR count). The number of piperidine rings is 2. The molecule has 0 saturated carbocycles. The number of likely N-dealkylation sites (tertiary alicyclic amines) is 2. The second-order valence-electron chi connectivity index (χ2n) is 14.4. The summed E-state index contributed by atoms with van der Waals surface area (Å²) in [5, 5.41) is 20.6. The van der Waals surface area contributed by atoms with E-state index in [1.54, 1.807) is 37.3 Å². The van der Waals surface area contributed by atoms with Crippen LogP contribution in [-0.4, -0.2) is 65.9 Å². The zero-order valence-corrected chi connectivity index (χ0v) is 26.9. The van der Waals surface area contributed by atoms with Crippen LogP contribution in [0.25, 0.3) is 0 Å². The molecule has 2 N–H and O–H groups in total. The maximum atomic E-state index is 13.2. The second-order valence-corrected chi connectivity index (χ2v) is 14.4. The lowest BCUT2D eigenvalue weighted by Crippen LogP contribution is -2.62. The van der Waals surface area contributed by atoms with Gasteiger partial charge in [0.25, 0.3) is 0 Å². The smallest absolute Gasteiger partial charge is 0.336 e. The summed E-state index contributed by atoms with van der Waals surface area (Å²) in [7, 11) is 0. The molecule has 0 unspecified atom stereocenters. The predicted octanol–water partition coefficient (Wildman–Crippen LogP) is 6.76. The van der Waals surface area contributed by atoms with Crippen molar-refractivity contribution in [3.63, 3.8) is 0 Å². The standard InChI is InChI=1S/C34H48N2O6/c1-11-13-25(37)35-31(3,4)17-21(18-32(35,5)6)23-15-16-24(29(39)40)28(30(41)42)27(23)22-19-33(7,8)36(26(38)14-12-2)34(9,10)20-22/h11-16,21-22H,17-20H2,1-10H3,(H,39,40)(H,41,42)/b13-11+,14-12+. The van der Waals surface area contributed by atoms with E-state index in [4.69, 9.17) is 0 Å². The van der Waals surface area contributed by atoms with Crippen LogP contribution in [0.2, 0.25) is 0 Å². The third kappa shape index (κ3) is 6.04. The van der Waals surface area contributed by atoms with Crippen LogP contribution in [0.15, 0.2) is 36.4 Å². The first-order valence-electron chi connectivity index (χ1n) is 14.8. The maximum Gasteiger partial charge on any atom is 0.336 e. The Morgan fingerprint density at radius 3 is 1.38 bits per heavy atom. The fourth-order valence-electron chi connectivity index (χ4n) is 8.45. The van der Waals surface area contributed by atoms with Gasteiger partial charge in [-0.05, 0) is 136 Å². The molecule has 0 spiro atoms. The number of aromatic carboxylic acids is 2. The molecule has 2 aliphatic heterocycles. The molecule has 0 radical (unpaired) electrons. The molecule has 2 heterocycles. The highest BCUT2D eigenvalue weighted by atomic mass is 16.4. The fourth-order valence-corrected chi connectivity index (χ4v) is 8.45. The SMILES string of the molecule is C/C=C/C(=O)N1C(C)(C)CC(c2ccc(C(=O)O)c(C(=O)O)c2C2CC(C)(C)N(C(=O)/C=C/C)C(C)(C)C2)CC1(C)C. The average molecular weight is 581 g/mol. The summed E-state index contributed by atoms with van der Waals surface area (Å²) in [4.78, 5) is 55.4. The third-order valence-electron chi connectivity index (χ3n) is 9.04. The van der Waals surface area contributed by atoms with Crippen molar-refractivity contribution in [2.75, 3.05) is 0 Å². The molecule has 0 aromatic heterocycles. The Morgan fingerprint density at radius 2 is 1.05 bits per heavy atom. The molecule has 2 aliphatic rings. The van der Waals surface area contributed by atoms with Gasteiger partial charge in [-0.25, -0.2) is 9.59 Å². The molecule has 0 aliphatic carbocycles. The lowest BCUT2D eigenvalue weighted by atomic mass is 9.65. The van der Waals surface area contributed by atoms with E-state index in [0.717, 1.165) is 5.56 Å². The Kier molecular flexibility index (Phi) is 8.94. The summed E-state index contributed by atoms with van der Waals surface area (Å²) in [6, 6.07) is 3.21. The van der Waals surface area contributed by atoms with Crippen LogP contribution < -0.4 is 0 Å². The molecule has 1 aromatic carbocycles. The van der Waals surface area contributed by atoms with E-state index < -0.39 is 34.1 Å². The van der Waals surface area contributed by atoms with Gasteiger partial charge in [-0.1, -0.05) is 18.2 Å². The Balaban J connectivity index is 2.26. The van der Waals surface area contributed by atoms with Crippen molar-refractivity contribution in [1.29, 1.82) is 0 Å². The van der Waals surface area contributed by atoms with Crippen molar-refractivity contribution < 1.29 is 29.4 Å². The number of hydrogen-bond donors (Lipinski definition) is 2. The number of benzene rings is 1. The third-order valence-corrected chi connectivity index (χ3v) is 9.04. The van der Waals surface area contributed by atoms with Crippen LogP contribution in [0.1, 0.15) is 139 Å². The minimum absolute atomic E-state index is 0.0692. The van der Waals surface area contributed by atoms with Crippen molar-refractivity contribution in [2.45, 2.75) is 129 Å². The van der Waals surface area contributed by atoms with Crippen LogP contribution in [-0.2, 0) is 9.59 Å². The minimum atomic E-state index is -1.29. The zero-order valence-electron chi connectivity index (χ0n) is 26.9. The van der Waals surface area contributed by atoms with Crippen LogP contribution in [0.3, 0.4) is 0 Å². The number of nitrogens with zero attached hydrogens (tertiary/aromatic N) is 2. The molecule has 2 amide bonds. The van der Waals surface area contributed by atoms with Gasteiger partial charge in [-0.3, -0.25) is 9.59 Å². The summed E-state index contributed by atoms with van der Waals surface area (Å²) in [6.07, 6.45) is 8.70. The van der Waals surface area contributed by atoms with Gasteiger partial charge >= 0.3 is 11.9 Å². The number of carbonyl (C=O) groups excluding carboxylic acids is 2. The fraction of sp³-hybridized carbons (Fsp3) is 0.588. The summed E-state index contributed by atoms with van der Waals surface area (Å²) >= 11 is 0. The first-order valence-corrected chi connectivity index (χ1v) is 14.8. The normalized spacial score (nSPS) is 22.0. The lowest BCUT2D eigenvalue weighted by Gasteiger charge is -2.57. The summed E-state index contributed by atoms with van der Waals surface area (Å²) in [5.41, 5.74) is -1.39. The van der Waals surface area contributed by atoms with Crippen molar-refractivity contribution in [1.82, 2.24) is 9.80 Å². The van der Waals surface area contributed by atoms with Crippen molar-refractivity contribution >= 4 is 23.8 Å². The van der Waals surface area contributed by atoms with E-state index in [-0.39, 0.29) is 34.8 Å². The molecule has 230 valence electrons. The van der Waals surface area contributed by atoms with Gasteiger partial charge in [-0.2, -0.15) is 0 Å². The maximum absolute atomic E-state index is 13.2. The number of rotatable bonds is 6. The van der Waals surface area contributed by atoms with Gasteiger partial charge in [-0.15, -0.1) is 0 Å². The van der Waals surface area contributed by atoms with E-state index in [9.17, 15) is 29.4 Å². The molecule has 42 heavy (non-hydrogen) atoms. The molecule has 2 saturated heterocycles. The number of carbonyl (C=O) groups is 4. The van der Waals surface area contributed by atoms with E-state index in [1.807, 2.05) is 72.1 Å². The van der Waals surface area contributed by atoms with E-state index in [0.29, 0.717) is 31.2 Å². The monoisotopic (exact) mass is 580 g/mol. The molecular weight excluding hydrogens is 532 g/mol. The number of carboxylic acids is 2. The molecular formula is C34H48N2O6. The average Bonchev–Trinajstić information content (AvgIpc) is 2.79. The van der Waals surface area contributed by atoms with Crippen molar-refractivity contribution in [2.24, 2.45) is 0 Å². The van der Waals surface area contributed by atoms with Gasteiger partial charge in [0.15, 0.2) is 0 Å². The Hall–Kier alpha value is -3.42. The predicted molar refractivity (Wildman–Crippen MR) is 164 cm³/mol. The first kappa shape index (κ1) is 33.1. The highest BCUT2D eigenvalue weighted by Crippen LogP contribution is 2.52. The topological polar surface area (TPSA) is 115 Å². The molecule has 2 fully saturated rings. The number of carboxylic acid groups (broad SMARTS) is 2. The van der Waals surface area contributed by atoms with Gasteiger partial charge in [0.2, 0.25) is 11.8 Å². The summed E-state index contributed by atoms with van der Waals surface area (Å²) in [6.45, 7) is 19.7. The number of amides is 2. The molecule has 8 heteroatoms. The van der Waals surface area contributed by atoms with Gasteiger partial charge in [0, 0.05) is 22.2 Å². The lowest BCUT2D eigenvalue weighted by molar-refractivity contribution is -0.145. The Labute approximate surface area is 250 Å². The van der Waals surface area contributed by atoms with Crippen molar-refractivity contribution in [3.05, 3.63) is 58.7 Å². The van der Waals surface area contributed by atoms with Gasteiger partial charge < -0.3 is 20.0 Å². The summed E-state index contributed by atoms with van der Waals surface area (Å²) in [5.74, 6) is -3.15. The Bertz CT molecular complexity index is 1300. The minimum Gasteiger partial charge on any atom is -0.478 e. The largest absolute Gasteiger partial charge is 0.478 e. The first-order chi connectivity index (χ1) is 19.2. The zero-order chi connectivity index (χ0) is 32.0. The van der Waals surface area contributed by atoms with Crippen LogP contribution in [0.5, 0.6) is 0 Å². The highest BCUT2D eigenvalue weighted by molar-refractivity contribution is 6.03. The molecule has 1 aromatic rings. The van der Waals surface area contributed by atoms with Gasteiger partial charge in [0.05, 0.1) is 11.1 Å². The van der Waals surface area contributed by atoms with Gasteiger partial charge in [0.1, 0.15) is 0 Å². The number of allylic oxidation sites excluding steroid dienone is 2. The van der Waals surface area contributed by atoms with Crippen LogP contribution >= 0.6 is 0 Å².